The van der Waals surface area contributed by atoms with Crippen molar-refractivity contribution in [2.24, 2.45) is 0 Å². The van der Waals surface area contributed by atoms with Gasteiger partial charge in [-0.1, -0.05) is 208 Å². The highest BCUT2D eigenvalue weighted by atomic mass is 14.6. The van der Waals surface area contributed by atoms with Gasteiger partial charge in [0.15, 0.2) is 0 Å². The molecule has 6 aromatic rings. The summed E-state index contributed by atoms with van der Waals surface area (Å²) >= 11 is 0. The summed E-state index contributed by atoms with van der Waals surface area (Å²) in [7, 11) is 0. The van der Waals surface area contributed by atoms with Crippen LogP contribution in [0.1, 0.15) is 108 Å². The zero-order chi connectivity index (χ0) is 36.2. The van der Waals surface area contributed by atoms with E-state index in [-0.39, 0.29) is 21.7 Å². The maximum Gasteiger partial charge on any atom is 0.0278 e. The highest BCUT2D eigenvalue weighted by molar-refractivity contribution is 5.69. The molecule has 51 heavy (non-hydrogen) atoms. The number of benzene rings is 6. The summed E-state index contributed by atoms with van der Waals surface area (Å²) < 4.78 is 0. The topological polar surface area (TPSA) is 0 Å². The zero-order valence-corrected chi connectivity index (χ0v) is 32.1. The molecule has 0 amide bonds. The van der Waals surface area contributed by atoms with Gasteiger partial charge in [0.2, 0.25) is 0 Å². The summed E-state index contributed by atoms with van der Waals surface area (Å²) in [6.45, 7) is 20.5. The molecular formula is C51H54. The van der Waals surface area contributed by atoms with Gasteiger partial charge in [0, 0.05) is 5.41 Å². The van der Waals surface area contributed by atoms with Crippen molar-refractivity contribution < 1.29 is 0 Å². The van der Waals surface area contributed by atoms with Gasteiger partial charge in [0.1, 0.15) is 0 Å². The molecule has 0 heterocycles. The van der Waals surface area contributed by atoms with Crippen LogP contribution in [0.2, 0.25) is 0 Å². The van der Waals surface area contributed by atoms with Crippen molar-refractivity contribution in [3.8, 4) is 33.4 Å². The van der Waals surface area contributed by atoms with E-state index in [2.05, 4.69) is 208 Å². The van der Waals surface area contributed by atoms with Gasteiger partial charge >= 0.3 is 0 Å². The van der Waals surface area contributed by atoms with Gasteiger partial charge in [-0.25, -0.2) is 0 Å². The summed E-state index contributed by atoms with van der Waals surface area (Å²) in [6, 6.07) is 55.5. The summed E-state index contributed by atoms with van der Waals surface area (Å²) in [5.74, 6) is 0.420. The molecule has 0 N–H and O–H groups in total. The Kier molecular flexibility index (Phi) is 8.74. The van der Waals surface area contributed by atoms with Gasteiger partial charge in [-0.05, 0) is 95.3 Å². The Morgan fingerprint density at radius 2 is 0.569 bits per heavy atom. The van der Waals surface area contributed by atoms with Gasteiger partial charge in [0.05, 0.1) is 0 Å². The van der Waals surface area contributed by atoms with Crippen LogP contribution in [0.4, 0.5) is 0 Å². The number of hydrogen-bond acceptors (Lipinski definition) is 0. The second-order valence-corrected chi connectivity index (χ2v) is 18.0. The van der Waals surface area contributed by atoms with Gasteiger partial charge in [0.25, 0.3) is 0 Å². The zero-order valence-electron chi connectivity index (χ0n) is 32.1. The van der Waals surface area contributed by atoms with Crippen LogP contribution < -0.4 is 0 Å². The molecule has 0 nitrogen and oxygen atoms in total. The van der Waals surface area contributed by atoms with Gasteiger partial charge in [-0.2, -0.15) is 0 Å². The van der Waals surface area contributed by atoms with Crippen LogP contribution in [0.3, 0.4) is 0 Å². The average Bonchev–Trinajstić information content (AvgIpc) is 3.88. The molecule has 6 aromatic carbocycles. The first kappa shape index (κ1) is 34.8. The lowest BCUT2D eigenvalue weighted by Gasteiger charge is -2.22. The van der Waals surface area contributed by atoms with Crippen molar-refractivity contribution in [2.75, 3.05) is 0 Å². The average molecular weight is 667 g/mol. The van der Waals surface area contributed by atoms with Crippen LogP contribution in [0, 0.1) is 0 Å². The maximum atomic E-state index is 2.39. The molecule has 1 fully saturated rings. The third-order valence-electron chi connectivity index (χ3n) is 11.3. The van der Waals surface area contributed by atoms with E-state index in [9.17, 15) is 0 Å². The smallest absolute Gasteiger partial charge is 0.0278 e. The lowest BCUT2D eigenvalue weighted by Crippen LogP contribution is -2.12. The second-order valence-electron chi connectivity index (χ2n) is 18.0. The first-order valence-corrected chi connectivity index (χ1v) is 18.8. The molecule has 7 rings (SSSR count). The molecule has 0 heteroatoms. The largest absolute Gasteiger partial charge is 0.0581 e. The van der Waals surface area contributed by atoms with Crippen molar-refractivity contribution >= 4 is 0 Å². The Bertz CT molecular complexity index is 1980. The predicted molar refractivity (Wildman–Crippen MR) is 220 cm³/mol. The summed E-state index contributed by atoms with van der Waals surface area (Å²) in [5, 5.41) is 0. The highest BCUT2D eigenvalue weighted by Crippen LogP contribution is 2.64. The Hall–Kier alpha value is -4.68. The van der Waals surface area contributed by atoms with Crippen LogP contribution in [-0.4, -0.2) is 0 Å². The lowest BCUT2D eigenvalue weighted by molar-refractivity contribution is 0.590. The van der Waals surface area contributed by atoms with Crippen LogP contribution in [0.15, 0.2) is 146 Å². The molecule has 1 aliphatic rings. The van der Waals surface area contributed by atoms with E-state index < -0.39 is 0 Å². The molecule has 0 spiro atoms. The van der Waals surface area contributed by atoms with Crippen LogP contribution >= 0.6 is 0 Å². The van der Waals surface area contributed by atoms with E-state index in [1.807, 2.05) is 0 Å². The second kappa shape index (κ2) is 12.8. The van der Waals surface area contributed by atoms with Crippen molar-refractivity contribution in [3.63, 3.8) is 0 Å². The van der Waals surface area contributed by atoms with E-state index >= 15 is 0 Å². The molecular weight excluding hydrogens is 613 g/mol. The Labute approximate surface area is 307 Å². The minimum absolute atomic E-state index is 0.0564. The summed E-state index contributed by atoms with van der Waals surface area (Å²) in [6.07, 6.45) is 1.10. The molecule has 0 saturated heterocycles. The van der Waals surface area contributed by atoms with E-state index in [1.165, 1.54) is 66.8 Å². The molecule has 258 valence electrons. The number of rotatable bonds is 6. The monoisotopic (exact) mass is 666 g/mol. The fraction of sp³-hybridized carbons (Fsp3) is 0.294. The predicted octanol–water partition coefficient (Wildman–Crippen LogP) is 14.1. The van der Waals surface area contributed by atoms with Gasteiger partial charge < -0.3 is 0 Å². The highest BCUT2D eigenvalue weighted by Gasteiger charge is 2.57. The molecule has 1 aliphatic carbocycles. The van der Waals surface area contributed by atoms with Crippen LogP contribution in [0.25, 0.3) is 33.4 Å². The normalized spacial score (nSPS) is 15.8. The van der Waals surface area contributed by atoms with E-state index in [0.29, 0.717) is 5.92 Å². The number of hydrogen-bond donors (Lipinski definition) is 0. The Morgan fingerprint density at radius 1 is 0.333 bits per heavy atom. The van der Waals surface area contributed by atoms with E-state index in [4.69, 9.17) is 0 Å². The first-order chi connectivity index (χ1) is 24.1. The Morgan fingerprint density at radius 3 is 0.824 bits per heavy atom. The van der Waals surface area contributed by atoms with Gasteiger partial charge in [-0.3, -0.25) is 0 Å². The van der Waals surface area contributed by atoms with Gasteiger partial charge in [-0.15, -0.1) is 0 Å². The third-order valence-corrected chi connectivity index (χ3v) is 11.3. The maximum absolute atomic E-state index is 2.39. The molecule has 1 saturated carbocycles. The third kappa shape index (κ3) is 6.99. The van der Waals surface area contributed by atoms with Crippen LogP contribution in [-0.2, 0) is 21.7 Å². The van der Waals surface area contributed by atoms with E-state index in [0.717, 1.165) is 6.42 Å². The van der Waals surface area contributed by atoms with Crippen molar-refractivity contribution in [1.29, 1.82) is 0 Å². The first-order valence-electron chi connectivity index (χ1n) is 18.8. The summed E-state index contributed by atoms with van der Waals surface area (Å²) in [4.78, 5) is 0. The van der Waals surface area contributed by atoms with Crippen molar-refractivity contribution in [2.45, 2.75) is 96.3 Å². The fourth-order valence-corrected chi connectivity index (χ4v) is 7.79. The lowest BCUT2D eigenvalue weighted by atomic mass is 9.82. The molecule has 0 radical (unpaired) electrons. The van der Waals surface area contributed by atoms with Crippen LogP contribution in [0.5, 0.6) is 0 Å². The molecule has 1 atom stereocenters. The molecule has 0 bridgehead atoms. The standard InChI is InChI=1S/C51H54/c1-48(2,3)42-24-14-36(15-25-42)35-10-12-41(13-11-35)47-34-51(47,45-30-20-39(21-31-45)37-16-26-43(27-17-37)49(4,5)6)46-32-22-40(23-33-46)38-18-28-44(29-19-38)50(7,8)9/h10-33,47H,34H2,1-9H3. The van der Waals surface area contributed by atoms with E-state index in [1.54, 1.807) is 0 Å². The van der Waals surface area contributed by atoms with Crippen molar-refractivity contribution in [1.82, 2.24) is 0 Å². The molecule has 1 unspecified atom stereocenters. The molecule has 0 aromatic heterocycles. The minimum atomic E-state index is -0.0564. The fourth-order valence-electron chi connectivity index (χ4n) is 7.79. The van der Waals surface area contributed by atoms with Crippen molar-refractivity contribution in [3.05, 3.63) is 179 Å². The minimum Gasteiger partial charge on any atom is -0.0581 e. The molecule has 0 aliphatic heterocycles. The SMILES string of the molecule is CC(C)(C)c1ccc(-c2ccc(C3CC3(c3ccc(-c4ccc(C(C)(C)C)cc4)cc3)c3ccc(-c4ccc(C(C)(C)C)cc4)cc3)cc2)cc1. The quantitative estimate of drug-likeness (QED) is 0.166. The summed E-state index contributed by atoms with van der Waals surface area (Å²) in [5.41, 5.74) is 16.3. The Balaban J connectivity index is 1.21.